The van der Waals surface area contributed by atoms with E-state index in [1.807, 2.05) is 37.3 Å². The minimum Gasteiger partial charge on any atom is -0.482 e. The number of methoxy groups -OCH3 is 1. The molecule has 0 aliphatic rings. The summed E-state index contributed by atoms with van der Waals surface area (Å²) in [5.41, 5.74) is 3.33. The lowest BCUT2D eigenvalue weighted by Crippen LogP contribution is -2.13. The van der Waals surface area contributed by atoms with E-state index in [-0.39, 0.29) is 13.2 Å². The van der Waals surface area contributed by atoms with Gasteiger partial charge in [-0.3, -0.25) is 0 Å². The molecule has 0 bridgehead atoms. The van der Waals surface area contributed by atoms with E-state index < -0.39 is 17.7 Å². The predicted molar refractivity (Wildman–Crippen MR) is 121 cm³/mol. The third-order valence-corrected chi connectivity index (χ3v) is 6.14. The molecular formula is C25H23F3O4S. The first kappa shape index (κ1) is 24.7. The number of thioether (sulfide) groups is 1. The highest BCUT2D eigenvalue weighted by Crippen LogP contribution is 2.34. The number of hydrogen-bond acceptors (Lipinski definition) is 5. The van der Waals surface area contributed by atoms with Gasteiger partial charge in [-0.1, -0.05) is 36.4 Å². The van der Waals surface area contributed by atoms with E-state index in [0.29, 0.717) is 22.6 Å². The molecule has 0 aromatic heterocycles. The Bertz CT molecular complexity index is 1110. The molecule has 3 aromatic rings. The van der Waals surface area contributed by atoms with Crippen LogP contribution >= 0.6 is 11.8 Å². The van der Waals surface area contributed by atoms with Gasteiger partial charge in [-0.15, -0.1) is 11.8 Å². The lowest BCUT2D eigenvalue weighted by Gasteiger charge is -2.14. The molecule has 1 N–H and O–H groups in total. The van der Waals surface area contributed by atoms with E-state index in [0.717, 1.165) is 33.7 Å². The molecular weight excluding hydrogens is 453 g/mol. The highest BCUT2D eigenvalue weighted by Gasteiger charge is 2.29. The van der Waals surface area contributed by atoms with E-state index in [2.05, 4.69) is 4.74 Å². The number of alkyl halides is 3. The second-order valence-corrected chi connectivity index (χ2v) is 8.33. The Morgan fingerprint density at radius 1 is 1.03 bits per heavy atom. The Hall–Kier alpha value is -2.97. The predicted octanol–water partition coefficient (Wildman–Crippen LogP) is 6.02. The third kappa shape index (κ3) is 6.52. The SMILES string of the molecule is COC(=O)COc1cc(CO)c(SCc2cccc(-c3ccc(C(F)(F)F)cc3)c2)cc1C. The van der Waals surface area contributed by atoms with Gasteiger partial charge in [0.05, 0.1) is 19.3 Å². The molecule has 0 fully saturated rings. The highest BCUT2D eigenvalue weighted by molar-refractivity contribution is 7.98. The Morgan fingerprint density at radius 3 is 2.39 bits per heavy atom. The van der Waals surface area contributed by atoms with Crippen LogP contribution in [0.3, 0.4) is 0 Å². The molecule has 0 atom stereocenters. The molecule has 4 nitrogen and oxygen atoms in total. The third-order valence-electron chi connectivity index (χ3n) is 4.97. The number of aryl methyl sites for hydroxylation is 1. The van der Waals surface area contributed by atoms with Gasteiger partial charge in [-0.25, -0.2) is 4.79 Å². The van der Waals surface area contributed by atoms with Crippen molar-refractivity contribution in [1.29, 1.82) is 0 Å². The Balaban J connectivity index is 1.73. The summed E-state index contributed by atoms with van der Waals surface area (Å²) in [6.45, 7) is 1.44. The summed E-state index contributed by atoms with van der Waals surface area (Å²) in [7, 11) is 1.28. The van der Waals surface area contributed by atoms with Gasteiger partial charge in [0.2, 0.25) is 0 Å². The normalized spacial score (nSPS) is 11.3. The number of rotatable bonds is 8. The van der Waals surface area contributed by atoms with Crippen molar-refractivity contribution in [2.45, 2.75) is 30.4 Å². The summed E-state index contributed by atoms with van der Waals surface area (Å²) in [4.78, 5) is 12.2. The van der Waals surface area contributed by atoms with Crippen molar-refractivity contribution >= 4 is 17.7 Å². The summed E-state index contributed by atoms with van der Waals surface area (Å²) < 4.78 is 48.5. The van der Waals surface area contributed by atoms with Crippen molar-refractivity contribution in [1.82, 2.24) is 0 Å². The average Bonchev–Trinajstić information content (AvgIpc) is 2.81. The van der Waals surface area contributed by atoms with Crippen LogP contribution in [0.4, 0.5) is 13.2 Å². The lowest BCUT2D eigenvalue weighted by molar-refractivity contribution is -0.143. The van der Waals surface area contributed by atoms with E-state index in [1.165, 1.54) is 31.0 Å². The molecule has 0 saturated carbocycles. The van der Waals surface area contributed by atoms with Crippen molar-refractivity contribution < 1.29 is 32.5 Å². The zero-order chi connectivity index (χ0) is 24.0. The van der Waals surface area contributed by atoms with E-state index in [9.17, 15) is 23.1 Å². The largest absolute Gasteiger partial charge is 0.482 e. The number of carbonyl (C=O) groups excluding carboxylic acids is 1. The van der Waals surface area contributed by atoms with Gasteiger partial charge in [0.25, 0.3) is 0 Å². The van der Waals surface area contributed by atoms with E-state index in [1.54, 1.807) is 6.07 Å². The number of benzene rings is 3. The zero-order valence-electron chi connectivity index (χ0n) is 18.1. The van der Waals surface area contributed by atoms with Crippen LogP contribution in [-0.2, 0) is 28.1 Å². The standard InChI is InChI=1S/C25H23F3O4S/c1-16-10-23(20(13-29)12-22(16)32-14-24(30)31-2)33-15-17-4-3-5-19(11-17)18-6-8-21(9-7-18)25(26,27)28/h3-12,29H,13-15H2,1-2H3. The van der Waals surface area contributed by atoms with Crippen molar-refractivity contribution in [3.05, 3.63) is 82.9 Å². The monoisotopic (exact) mass is 476 g/mol. The van der Waals surface area contributed by atoms with Gasteiger partial charge in [0.15, 0.2) is 6.61 Å². The van der Waals surface area contributed by atoms with Crippen LogP contribution in [0.1, 0.15) is 22.3 Å². The van der Waals surface area contributed by atoms with Crippen molar-refractivity contribution in [3.8, 4) is 16.9 Å². The smallest absolute Gasteiger partial charge is 0.416 e. The lowest BCUT2D eigenvalue weighted by atomic mass is 10.0. The fourth-order valence-electron chi connectivity index (χ4n) is 3.17. The first-order valence-corrected chi connectivity index (χ1v) is 11.0. The minimum atomic E-state index is -4.36. The highest BCUT2D eigenvalue weighted by atomic mass is 32.2. The quantitative estimate of drug-likeness (QED) is 0.318. The number of esters is 1. The molecule has 3 rings (SSSR count). The molecule has 0 radical (unpaired) electrons. The van der Waals surface area contributed by atoms with Gasteiger partial charge in [-0.2, -0.15) is 13.2 Å². The van der Waals surface area contributed by atoms with E-state index in [4.69, 9.17) is 4.74 Å². The molecule has 3 aromatic carbocycles. The van der Waals surface area contributed by atoms with Crippen LogP contribution in [0, 0.1) is 6.92 Å². The van der Waals surface area contributed by atoms with Crippen LogP contribution < -0.4 is 4.74 Å². The van der Waals surface area contributed by atoms with Crippen LogP contribution in [0.2, 0.25) is 0 Å². The zero-order valence-corrected chi connectivity index (χ0v) is 18.9. The number of hydrogen-bond donors (Lipinski definition) is 1. The fraction of sp³-hybridized carbons (Fsp3) is 0.240. The van der Waals surface area contributed by atoms with Crippen molar-refractivity contribution in [3.63, 3.8) is 0 Å². The summed E-state index contributed by atoms with van der Waals surface area (Å²) in [5, 5.41) is 9.79. The first-order valence-electron chi connectivity index (χ1n) is 10.0. The molecule has 174 valence electrons. The van der Waals surface area contributed by atoms with Gasteiger partial charge < -0.3 is 14.6 Å². The topological polar surface area (TPSA) is 55.8 Å². The van der Waals surface area contributed by atoms with Gasteiger partial charge in [0.1, 0.15) is 5.75 Å². The summed E-state index contributed by atoms with van der Waals surface area (Å²) in [6, 6.07) is 16.3. The maximum atomic E-state index is 12.8. The summed E-state index contributed by atoms with van der Waals surface area (Å²) >= 11 is 1.53. The van der Waals surface area contributed by atoms with Crippen LogP contribution in [0.15, 0.2) is 65.6 Å². The maximum absolute atomic E-state index is 12.8. The number of carbonyl (C=O) groups is 1. The minimum absolute atomic E-state index is 0.192. The number of aliphatic hydroxyl groups excluding tert-OH is 1. The molecule has 0 amide bonds. The second kappa shape index (κ2) is 10.8. The number of halogens is 3. The second-order valence-electron chi connectivity index (χ2n) is 7.31. The van der Waals surface area contributed by atoms with Gasteiger partial charge in [-0.05, 0) is 59.0 Å². The molecule has 0 saturated heterocycles. The Kier molecular flexibility index (Phi) is 8.05. The van der Waals surface area contributed by atoms with Crippen LogP contribution in [0.25, 0.3) is 11.1 Å². The molecule has 0 aliphatic carbocycles. The number of ether oxygens (including phenoxy) is 2. The molecule has 0 aliphatic heterocycles. The summed E-state index contributed by atoms with van der Waals surface area (Å²) in [6.07, 6.45) is -4.36. The fourth-order valence-corrected chi connectivity index (χ4v) is 4.24. The van der Waals surface area contributed by atoms with Crippen molar-refractivity contribution in [2.75, 3.05) is 13.7 Å². The van der Waals surface area contributed by atoms with E-state index >= 15 is 0 Å². The van der Waals surface area contributed by atoms with Crippen LogP contribution in [0.5, 0.6) is 5.75 Å². The molecule has 0 unspecified atom stereocenters. The van der Waals surface area contributed by atoms with Gasteiger partial charge in [0, 0.05) is 10.6 Å². The average molecular weight is 477 g/mol. The number of aliphatic hydroxyl groups is 1. The van der Waals surface area contributed by atoms with Gasteiger partial charge >= 0.3 is 12.1 Å². The van der Waals surface area contributed by atoms with Crippen molar-refractivity contribution in [2.24, 2.45) is 0 Å². The molecule has 33 heavy (non-hydrogen) atoms. The summed E-state index contributed by atoms with van der Waals surface area (Å²) in [5.74, 6) is 0.605. The Labute approximate surface area is 194 Å². The molecule has 0 heterocycles. The van der Waals surface area contributed by atoms with Crippen LogP contribution in [-0.4, -0.2) is 24.8 Å². The first-order chi connectivity index (χ1) is 15.7. The Morgan fingerprint density at radius 2 is 1.76 bits per heavy atom. The molecule has 8 heteroatoms. The molecule has 0 spiro atoms. The maximum Gasteiger partial charge on any atom is 0.416 e.